The Morgan fingerprint density at radius 1 is 1.45 bits per heavy atom. The van der Waals surface area contributed by atoms with Crippen molar-refractivity contribution in [3.05, 3.63) is 23.9 Å². The van der Waals surface area contributed by atoms with Crippen LogP contribution in [0.15, 0.2) is 18.3 Å². The lowest BCUT2D eigenvalue weighted by Crippen LogP contribution is -2.36. The number of aromatic nitrogens is 1. The molecule has 0 saturated heterocycles. The van der Waals surface area contributed by atoms with Crippen molar-refractivity contribution in [2.45, 2.75) is 6.92 Å². The second-order valence-electron chi connectivity index (χ2n) is 4.62. The van der Waals surface area contributed by atoms with E-state index < -0.39 is 10.0 Å². The highest BCUT2D eigenvalue weighted by atomic mass is 32.2. The Morgan fingerprint density at radius 2 is 2.15 bits per heavy atom. The first kappa shape index (κ1) is 16.5. The zero-order valence-electron chi connectivity index (χ0n) is 11.9. The Bertz CT molecular complexity index is 560. The number of hydrogen-bond acceptors (Lipinski definition) is 5. The Labute approximate surface area is 119 Å². The largest absolute Gasteiger partial charge is 0.309 e. The number of nitrogens with zero attached hydrogens (tertiary/aromatic N) is 2. The quantitative estimate of drug-likeness (QED) is 0.728. The maximum Gasteiger partial charge on any atom is 0.239 e. The summed E-state index contributed by atoms with van der Waals surface area (Å²) in [6, 6.07) is 3.66. The molecule has 1 rings (SSSR count). The van der Waals surface area contributed by atoms with Gasteiger partial charge in [-0.2, -0.15) is 0 Å². The summed E-state index contributed by atoms with van der Waals surface area (Å²) < 4.78 is 24.2. The lowest BCUT2D eigenvalue weighted by Gasteiger charge is -2.16. The zero-order valence-corrected chi connectivity index (χ0v) is 12.7. The molecule has 0 aliphatic rings. The molecule has 0 aliphatic carbocycles. The molecular formula is C12H20N4O3S. The predicted molar refractivity (Wildman–Crippen MR) is 77.9 cm³/mol. The summed E-state index contributed by atoms with van der Waals surface area (Å²) in [6.45, 7) is 2.75. The number of amides is 1. The molecule has 0 unspecified atom stereocenters. The van der Waals surface area contributed by atoms with Crippen molar-refractivity contribution in [1.82, 2.24) is 14.6 Å². The second-order valence-corrected chi connectivity index (χ2v) is 6.45. The van der Waals surface area contributed by atoms with Gasteiger partial charge in [0.1, 0.15) is 5.82 Å². The smallest absolute Gasteiger partial charge is 0.239 e. The summed E-state index contributed by atoms with van der Waals surface area (Å²) in [5.74, 6) is 0.355. The fourth-order valence-electron chi connectivity index (χ4n) is 1.53. The third kappa shape index (κ3) is 6.60. The van der Waals surface area contributed by atoms with E-state index in [-0.39, 0.29) is 19.0 Å². The van der Waals surface area contributed by atoms with Crippen LogP contribution in [0.5, 0.6) is 0 Å². The predicted octanol–water partition coefficient (Wildman–Crippen LogP) is -0.190. The molecule has 0 bridgehead atoms. The van der Waals surface area contributed by atoms with E-state index in [0.717, 1.165) is 11.8 Å². The molecule has 0 radical (unpaired) electrons. The number of nitrogens with one attached hydrogen (secondary N) is 2. The highest BCUT2D eigenvalue weighted by Crippen LogP contribution is 2.08. The summed E-state index contributed by atoms with van der Waals surface area (Å²) in [4.78, 5) is 17.6. The van der Waals surface area contributed by atoms with Gasteiger partial charge in [-0.05, 0) is 25.6 Å². The summed E-state index contributed by atoms with van der Waals surface area (Å²) in [5, 5.41) is 2.72. The molecule has 1 aromatic heterocycles. The Kier molecular flexibility index (Phi) is 6.05. The molecule has 0 saturated carbocycles. The minimum Gasteiger partial charge on any atom is -0.309 e. The van der Waals surface area contributed by atoms with Crippen LogP contribution in [0.2, 0.25) is 0 Å². The number of sulfonamides is 1. The first-order valence-electron chi connectivity index (χ1n) is 6.12. The molecule has 0 fully saturated rings. The molecular weight excluding hydrogens is 280 g/mol. The van der Waals surface area contributed by atoms with Crippen LogP contribution in [0.25, 0.3) is 0 Å². The Hall–Kier alpha value is -1.51. The maximum atomic E-state index is 11.8. The number of likely N-dealkylation sites (N-methyl/N-ethyl adjacent to an activating group) is 1. The van der Waals surface area contributed by atoms with Gasteiger partial charge in [-0.25, -0.2) is 18.1 Å². The van der Waals surface area contributed by atoms with E-state index in [4.69, 9.17) is 0 Å². The van der Waals surface area contributed by atoms with Gasteiger partial charge in [-0.1, -0.05) is 6.07 Å². The van der Waals surface area contributed by atoms with Gasteiger partial charge in [0.15, 0.2) is 0 Å². The van der Waals surface area contributed by atoms with Gasteiger partial charge in [0.2, 0.25) is 15.9 Å². The number of carbonyl (C=O) groups excluding carboxylic acids is 1. The molecule has 20 heavy (non-hydrogen) atoms. The van der Waals surface area contributed by atoms with Crippen LogP contribution in [0.1, 0.15) is 5.56 Å². The van der Waals surface area contributed by atoms with Gasteiger partial charge in [0, 0.05) is 19.3 Å². The number of aryl methyl sites for hydroxylation is 1. The second kappa shape index (κ2) is 7.32. The average Bonchev–Trinajstić information content (AvgIpc) is 2.30. The first-order valence-corrected chi connectivity index (χ1v) is 8.02. The van der Waals surface area contributed by atoms with E-state index in [9.17, 15) is 13.2 Å². The third-order valence-corrected chi connectivity index (χ3v) is 3.27. The third-order valence-electron chi connectivity index (χ3n) is 2.54. The van der Waals surface area contributed by atoms with E-state index >= 15 is 0 Å². The molecule has 0 atom stereocenters. The van der Waals surface area contributed by atoms with Crippen LogP contribution in [-0.2, 0) is 14.8 Å². The molecule has 112 valence electrons. The highest BCUT2D eigenvalue weighted by Gasteiger charge is 2.09. The van der Waals surface area contributed by atoms with Crippen molar-refractivity contribution < 1.29 is 13.2 Å². The summed E-state index contributed by atoms with van der Waals surface area (Å²) in [6.07, 6.45) is 2.71. The normalized spacial score (nSPS) is 11.6. The number of anilines is 1. The van der Waals surface area contributed by atoms with Crippen LogP contribution in [-0.4, -0.2) is 57.1 Å². The molecule has 0 aliphatic heterocycles. The van der Waals surface area contributed by atoms with E-state index in [1.807, 2.05) is 13.0 Å². The Balaban J connectivity index is 2.37. The molecule has 1 heterocycles. The van der Waals surface area contributed by atoms with Crippen LogP contribution in [0, 0.1) is 6.92 Å². The van der Waals surface area contributed by atoms with Crippen LogP contribution in [0.3, 0.4) is 0 Å². The van der Waals surface area contributed by atoms with Gasteiger partial charge in [-0.3, -0.25) is 9.69 Å². The molecule has 1 amide bonds. The minimum atomic E-state index is -3.19. The standard InChI is InChI=1S/C12H20N4O3S/c1-10-5-4-6-13-12(10)15-11(17)9-16(2)8-7-14-20(3,18)19/h4-6,14H,7-9H2,1-3H3,(H,13,15,17). The van der Waals surface area contributed by atoms with Crippen molar-refractivity contribution in [3.8, 4) is 0 Å². The molecule has 0 spiro atoms. The zero-order chi connectivity index (χ0) is 15.2. The van der Waals surface area contributed by atoms with Crippen molar-refractivity contribution in [2.24, 2.45) is 0 Å². The van der Waals surface area contributed by atoms with Gasteiger partial charge in [-0.15, -0.1) is 0 Å². The van der Waals surface area contributed by atoms with Crippen molar-refractivity contribution in [2.75, 3.05) is 38.3 Å². The lowest BCUT2D eigenvalue weighted by molar-refractivity contribution is -0.117. The van der Waals surface area contributed by atoms with E-state index in [1.54, 1.807) is 24.2 Å². The van der Waals surface area contributed by atoms with Crippen molar-refractivity contribution in [3.63, 3.8) is 0 Å². The van der Waals surface area contributed by atoms with Crippen LogP contribution < -0.4 is 10.0 Å². The summed E-state index contributed by atoms with van der Waals surface area (Å²) in [5.41, 5.74) is 0.891. The summed E-state index contributed by atoms with van der Waals surface area (Å²) >= 11 is 0. The van der Waals surface area contributed by atoms with Crippen LogP contribution >= 0.6 is 0 Å². The number of rotatable bonds is 7. The van der Waals surface area contributed by atoms with Gasteiger partial charge >= 0.3 is 0 Å². The van der Waals surface area contributed by atoms with E-state index in [0.29, 0.717) is 12.4 Å². The first-order chi connectivity index (χ1) is 9.28. The van der Waals surface area contributed by atoms with Gasteiger partial charge in [0.25, 0.3) is 0 Å². The van der Waals surface area contributed by atoms with E-state index in [2.05, 4.69) is 15.0 Å². The fraction of sp³-hybridized carbons (Fsp3) is 0.500. The SMILES string of the molecule is Cc1cccnc1NC(=O)CN(C)CCNS(C)(=O)=O. The maximum absolute atomic E-state index is 11.8. The van der Waals surface area contributed by atoms with Gasteiger partial charge < -0.3 is 5.32 Å². The Morgan fingerprint density at radius 3 is 2.75 bits per heavy atom. The molecule has 0 aromatic carbocycles. The van der Waals surface area contributed by atoms with Crippen molar-refractivity contribution >= 4 is 21.7 Å². The van der Waals surface area contributed by atoms with Crippen LogP contribution in [0.4, 0.5) is 5.82 Å². The highest BCUT2D eigenvalue weighted by molar-refractivity contribution is 7.88. The van der Waals surface area contributed by atoms with Gasteiger partial charge in [0.05, 0.1) is 12.8 Å². The lowest BCUT2D eigenvalue weighted by atomic mass is 10.3. The number of hydrogen-bond donors (Lipinski definition) is 2. The van der Waals surface area contributed by atoms with E-state index in [1.165, 1.54) is 0 Å². The molecule has 8 heteroatoms. The monoisotopic (exact) mass is 300 g/mol. The van der Waals surface area contributed by atoms with Crippen molar-refractivity contribution in [1.29, 1.82) is 0 Å². The molecule has 7 nitrogen and oxygen atoms in total. The average molecular weight is 300 g/mol. The minimum absolute atomic E-state index is 0.168. The number of carbonyl (C=O) groups is 1. The number of pyridine rings is 1. The molecule has 2 N–H and O–H groups in total. The molecule has 1 aromatic rings. The topological polar surface area (TPSA) is 91.4 Å². The fourth-order valence-corrected chi connectivity index (χ4v) is 2.00. The summed E-state index contributed by atoms with van der Waals surface area (Å²) in [7, 11) is -1.44.